The van der Waals surface area contributed by atoms with Gasteiger partial charge in [0.2, 0.25) is 5.91 Å². The number of nitrogens with one attached hydrogen (secondary N) is 1. The molecule has 1 aliphatic carbocycles. The Kier molecular flexibility index (Phi) is 3.68. The molecule has 3 rings (SSSR count). The molecule has 0 bridgehead atoms. The van der Waals surface area contributed by atoms with Gasteiger partial charge in [0, 0.05) is 15.2 Å². The summed E-state index contributed by atoms with van der Waals surface area (Å²) >= 11 is 9.43. The zero-order valence-electron chi connectivity index (χ0n) is 11.2. The Morgan fingerprint density at radius 1 is 1.24 bits per heavy atom. The third kappa shape index (κ3) is 2.54. The molecule has 2 aromatic carbocycles. The van der Waals surface area contributed by atoms with E-state index in [2.05, 4.69) is 21.2 Å². The molecule has 0 heterocycles. The molecule has 1 amide bonds. The number of aryl methyl sites for hydroxylation is 1. The summed E-state index contributed by atoms with van der Waals surface area (Å²) in [6.45, 7) is 0. The number of carbonyl (C=O) groups excluding carboxylic acids is 1. The largest absolute Gasteiger partial charge is 0.368 e. The number of nitrogens with two attached hydrogens (primary N) is 1. The molecule has 0 saturated heterocycles. The number of primary amides is 1. The molecule has 0 aliphatic heterocycles. The number of hydrogen-bond donors (Lipinski definition) is 2. The van der Waals surface area contributed by atoms with Crippen LogP contribution in [0.5, 0.6) is 0 Å². The van der Waals surface area contributed by atoms with Gasteiger partial charge in [0.25, 0.3) is 0 Å². The van der Waals surface area contributed by atoms with E-state index in [4.69, 9.17) is 17.3 Å². The molecule has 108 valence electrons. The van der Waals surface area contributed by atoms with Gasteiger partial charge in [-0.05, 0) is 60.4 Å². The maximum atomic E-state index is 12.2. The van der Waals surface area contributed by atoms with Crippen molar-refractivity contribution in [3.63, 3.8) is 0 Å². The second kappa shape index (κ2) is 5.35. The van der Waals surface area contributed by atoms with Crippen LogP contribution in [-0.2, 0) is 16.8 Å². The fourth-order valence-electron chi connectivity index (χ4n) is 2.87. The van der Waals surface area contributed by atoms with E-state index < -0.39 is 5.54 Å². The summed E-state index contributed by atoms with van der Waals surface area (Å²) in [5, 5.41) is 4.00. The van der Waals surface area contributed by atoms with Crippen molar-refractivity contribution in [2.24, 2.45) is 5.73 Å². The lowest BCUT2D eigenvalue weighted by molar-refractivity contribution is -0.122. The molecular formula is C16H14BrClN2O. The first-order valence-electron chi connectivity index (χ1n) is 6.64. The summed E-state index contributed by atoms with van der Waals surface area (Å²) in [5.74, 6) is -0.369. The smallest absolute Gasteiger partial charge is 0.247 e. The molecule has 3 N–H and O–H groups in total. The van der Waals surface area contributed by atoms with Crippen molar-refractivity contribution in [3.05, 3.63) is 63.1 Å². The van der Waals surface area contributed by atoms with Crippen LogP contribution in [0.3, 0.4) is 0 Å². The van der Waals surface area contributed by atoms with Crippen molar-refractivity contribution in [2.75, 3.05) is 5.32 Å². The van der Waals surface area contributed by atoms with Crippen LogP contribution in [-0.4, -0.2) is 5.91 Å². The zero-order valence-corrected chi connectivity index (χ0v) is 13.5. The summed E-state index contributed by atoms with van der Waals surface area (Å²) in [5.41, 5.74) is 7.71. The minimum atomic E-state index is -0.867. The Labute approximate surface area is 136 Å². The van der Waals surface area contributed by atoms with E-state index in [0.29, 0.717) is 11.4 Å². The number of carbonyl (C=O) groups is 1. The number of rotatable bonds is 3. The number of anilines is 1. The van der Waals surface area contributed by atoms with E-state index in [1.807, 2.05) is 36.4 Å². The Morgan fingerprint density at radius 2 is 1.95 bits per heavy atom. The first-order valence-corrected chi connectivity index (χ1v) is 7.81. The monoisotopic (exact) mass is 364 g/mol. The molecule has 0 aromatic heterocycles. The second-order valence-corrected chi connectivity index (χ2v) is 6.56. The number of hydrogen-bond acceptors (Lipinski definition) is 2. The van der Waals surface area contributed by atoms with Gasteiger partial charge in [0.15, 0.2) is 0 Å². The molecule has 1 atom stereocenters. The van der Waals surface area contributed by atoms with Gasteiger partial charge in [-0.2, -0.15) is 0 Å². The number of fused-ring (bicyclic) bond motifs is 1. The van der Waals surface area contributed by atoms with Gasteiger partial charge in [-0.15, -0.1) is 0 Å². The van der Waals surface area contributed by atoms with Crippen LogP contribution in [0.4, 0.5) is 5.69 Å². The minimum absolute atomic E-state index is 0.369. The molecule has 0 fully saturated rings. The van der Waals surface area contributed by atoms with Crippen LogP contribution in [0.15, 0.2) is 46.9 Å². The van der Waals surface area contributed by atoms with Crippen molar-refractivity contribution in [1.29, 1.82) is 0 Å². The van der Waals surface area contributed by atoms with E-state index in [9.17, 15) is 4.79 Å². The number of halogens is 2. The fraction of sp³-hybridized carbons (Fsp3) is 0.188. The van der Waals surface area contributed by atoms with E-state index in [1.165, 1.54) is 0 Å². The van der Waals surface area contributed by atoms with Crippen LogP contribution < -0.4 is 11.1 Å². The van der Waals surface area contributed by atoms with Crippen LogP contribution in [0.25, 0.3) is 0 Å². The number of amides is 1. The molecule has 3 nitrogen and oxygen atoms in total. The Bertz CT molecular complexity index is 702. The molecule has 5 heteroatoms. The van der Waals surface area contributed by atoms with Crippen LogP contribution >= 0.6 is 27.5 Å². The van der Waals surface area contributed by atoms with Gasteiger partial charge in [-0.3, -0.25) is 4.79 Å². The average Bonchev–Trinajstić information content (AvgIpc) is 2.81. The third-order valence-corrected chi connectivity index (χ3v) is 4.68. The minimum Gasteiger partial charge on any atom is -0.368 e. The van der Waals surface area contributed by atoms with E-state index in [1.54, 1.807) is 6.07 Å². The molecule has 1 unspecified atom stereocenters. The van der Waals surface area contributed by atoms with Crippen molar-refractivity contribution in [2.45, 2.75) is 18.4 Å². The summed E-state index contributed by atoms with van der Waals surface area (Å²) in [7, 11) is 0. The highest BCUT2D eigenvalue weighted by atomic mass is 79.9. The van der Waals surface area contributed by atoms with Gasteiger partial charge in [-0.1, -0.05) is 33.6 Å². The van der Waals surface area contributed by atoms with E-state index in [0.717, 1.165) is 27.7 Å². The third-order valence-electron chi connectivity index (χ3n) is 3.92. The average molecular weight is 366 g/mol. The first-order chi connectivity index (χ1) is 10.0. The van der Waals surface area contributed by atoms with E-state index >= 15 is 0 Å². The lowest BCUT2D eigenvalue weighted by Crippen LogP contribution is -2.46. The lowest BCUT2D eigenvalue weighted by atomic mass is 9.90. The van der Waals surface area contributed by atoms with Crippen molar-refractivity contribution in [1.82, 2.24) is 0 Å². The van der Waals surface area contributed by atoms with Crippen molar-refractivity contribution < 1.29 is 4.79 Å². The predicted molar refractivity (Wildman–Crippen MR) is 88.4 cm³/mol. The van der Waals surface area contributed by atoms with Crippen LogP contribution in [0.1, 0.15) is 17.5 Å². The topological polar surface area (TPSA) is 55.1 Å². The summed E-state index contributed by atoms with van der Waals surface area (Å²) in [6, 6.07) is 13.3. The molecular weight excluding hydrogens is 352 g/mol. The quantitative estimate of drug-likeness (QED) is 0.868. The second-order valence-electron chi connectivity index (χ2n) is 5.20. The predicted octanol–water partition coefficient (Wildman–Crippen LogP) is 3.84. The highest BCUT2D eigenvalue weighted by molar-refractivity contribution is 9.10. The Morgan fingerprint density at radius 3 is 2.62 bits per heavy atom. The first kappa shape index (κ1) is 14.4. The molecule has 21 heavy (non-hydrogen) atoms. The number of benzene rings is 2. The van der Waals surface area contributed by atoms with E-state index in [-0.39, 0.29) is 5.91 Å². The fourth-order valence-corrected chi connectivity index (χ4v) is 3.33. The van der Waals surface area contributed by atoms with Gasteiger partial charge < -0.3 is 11.1 Å². The van der Waals surface area contributed by atoms with Gasteiger partial charge in [0.1, 0.15) is 5.54 Å². The van der Waals surface area contributed by atoms with Crippen molar-refractivity contribution in [3.8, 4) is 0 Å². The normalized spacial score (nSPS) is 20.1. The van der Waals surface area contributed by atoms with Gasteiger partial charge in [-0.25, -0.2) is 0 Å². The molecule has 0 spiro atoms. The Hall–Kier alpha value is -1.52. The summed E-state index contributed by atoms with van der Waals surface area (Å²) < 4.78 is 0.986. The summed E-state index contributed by atoms with van der Waals surface area (Å²) in [6.07, 6.45) is 1.41. The maximum Gasteiger partial charge on any atom is 0.247 e. The van der Waals surface area contributed by atoms with Gasteiger partial charge in [0.05, 0.1) is 0 Å². The molecule has 0 radical (unpaired) electrons. The summed E-state index contributed by atoms with van der Waals surface area (Å²) in [4.78, 5) is 12.2. The van der Waals surface area contributed by atoms with Gasteiger partial charge >= 0.3 is 0 Å². The molecule has 1 aliphatic rings. The maximum absolute atomic E-state index is 12.2. The zero-order chi connectivity index (χ0) is 15.0. The van der Waals surface area contributed by atoms with Crippen molar-refractivity contribution >= 4 is 39.1 Å². The highest BCUT2D eigenvalue weighted by Gasteiger charge is 2.44. The Balaban J connectivity index is 2.03. The standard InChI is InChI=1S/C16H14BrClN2O/c17-11-1-4-13(5-2-11)20-16(15(19)21)8-7-10-9-12(18)3-6-14(10)16/h1-6,9,20H,7-8H2,(H2,19,21). The SMILES string of the molecule is NC(=O)C1(Nc2ccc(Br)cc2)CCc2cc(Cl)ccc21. The lowest BCUT2D eigenvalue weighted by Gasteiger charge is -2.29. The van der Waals surface area contributed by atoms with Crippen LogP contribution in [0.2, 0.25) is 5.02 Å². The van der Waals surface area contributed by atoms with Crippen LogP contribution in [0, 0.1) is 0 Å². The molecule has 0 saturated carbocycles. The highest BCUT2D eigenvalue weighted by Crippen LogP contribution is 2.40. The molecule has 2 aromatic rings.